The summed E-state index contributed by atoms with van der Waals surface area (Å²) < 4.78 is 0. The van der Waals surface area contributed by atoms with E-state index >= 15 is 0 Å². The minimum atomic E-state index is 0.731. The number of hydrogen-bond donors (Lipinski definition) is 0. The highest BCUT2D eigenvalue weighted by Crippen LogP contribution is 2.36. The Kier molecular flexibility index (Phi) is 7.53. The molecular formula is C48H32N2. The van der Waals surface area contributed by atoms with Crippen molar-refractivity contribution < 1.29 is 0 Å². The maximum Gasteiger partial charge on any atom is 0.160 e. The van der Waals surface area contributed by atoms with Crippen molar-refractivity contribution in [2.75, 3.05) is 0 Å². The van der Waals surface area contributed by atoms with Gasteiger partial charge in [0.2, 0.25) is 0 Å². The van der Waals surface area contributed by atoms with E-state index in [0.29, 0.717) is 0 Å². The van der Waals surface area contributed by atoms with E-state index in [1.54, 1.807) is 0 Å². The lowest BCUT2D eigenvalue weighted by Gasteiger charge is -2.13. The van der Waals surface area contributed by atoms with Crippen molar-refractivity contribution >= 4 is 21.7 Å². The fourth-order valence-electron chi connectivity index (χ4n) is 6.89. The van der Waals surface area contributed by atoms with Gasteiger partial charge < -0.3 is 0 Å². The van der Waals surface area contributed by atoms with Gasteiger partial charge in [0, 0.05) is 16.5 Å². The molecule has 0 aliphatic heterocycles. The predicted octanol–water partition coefficient (Wildman–Crippen LogP) is 12.8. The van der Waals surface area contributed by atoms with Crippen LogP contribution in [-0.2, 0) is 0 Å². The zero-order valence-electron chi connectivity index (χ0n) is 27.4. The molecule has 0 fully saturated rings. The lowest BCUT2D eigenvalue weighted by Crippen LogP contribution is -1.96. The Morgan fingerprint density at radius 3 is 1.32 bits per heavy atom. The fourth-order valence-corrected chi connectivity index (χ4v) is 6.89. The molecule has 0 saturated heterocycles. The van der Waals surface area contributed by atoms with E-state index in [1.807, 2.05) is 18.2 Å². The summed E-state index contributed by atoms with van der Waals surface area (Å²) in [6.45, 7) is 0. The number of rotatable bonds is 6. The van der Waals surface area contributed by atoms with Crippen molar-refractivity contribution in [2.45, 2.75) is 0 Å². The minimum absolute atomic E-state index is 0.731. The molecule has 0 N–H and O–H groups in total. The van der Waals surface area contributed by atoms with Crippen LogP contribution < -0.4 is 0 Å². The van der Waals surface area contributed by atoms with Crippen molar-refractivity contribution in [2.24, 2.45) is 0 Å². The van der Waals surface area contributed by atoms with Crippen LogP contribution in [0.3, 0.4) is 0 Å². The van der Waals surface area contributed by atoms with E-state index in [1.165, 1.54) is 44.3 Å². The zero-order valence-corrected chi connectivity index (χ0v) is 27.4. The molecule has 9 aromatic rings. The molecule has 0 saturated carbocycles. The molecule has 2 heteroatoms. The minimum Gasteiger partial charge on any atom is -0.228 e. The Labute approximate surface area is 292 Å². The largest absolute Gasteiger partial charge is 0.228 e. The Balaban J connectivity index is 1.06. The summed E-state index contributed by atoms with van der Waals surface area (Å²) >= 11 is 0. The van der Waals surface area contributed by atoms with Crippen LogP contribution in [0.25, 0.3) is 88.8 Å². The van der Waals surface area contributed by atoms with Crippen LogP contribution in [0.2, 0.25) is 0 Å². The predicted molar refractivity (Wildman–Crippen MR) is 210 cm³/mol. The van der Waals surface area contributed by atoms with Gasteiger partial charge in [-0.2, -0.15) is 0 Å². The summed E-state index contributed by atoms with van der Waals surface area (Å²) in [5, 5.41) is 3.41. The molecule has 50 heavy (non-hydrogen) atoms. The maximum absolute atomic E-state index is 5.19. The topological polar surface area (TPSA) is 25.8 Å². The van der Waals surface area contributed by atoms with Gasteiger partial charge in [-0.25, -0.2) is 9.97 Å². The van der Waals surface area contributed by atoms with Crippen LogP contribution in [0.1, 0.15) is 0 Å². The summed E-state index contributed by atoms with van der Waals surface area (Å²) in [6.07, 6.45) is 0. The van der Waals surface area contributed by atoms with Gasteiger partial charge in [-0.15, -0.1) is 0 Å². The highest BCUT2D eigenvalue weighted by Gasteiger charge is 2.15. The Hall–Kier alpha value is -6.64. The second-order valence-electron chi connectivity index (χ2n) is 12.6. The maximum atomic E-state index is 5.19. The molecule has 0 spiro atoms. The summed E-state index contributed by atoms with van der Waals surface area (Å²) in [6, 6.07) is 68.8. The van der Waals surface area contributed by atoms with E-state index in [4.69, 9.17) is 9.97 Å². The summed E-state index contributed by atoms with van der Waals surface area (Å²) in [5.41, 5.74) is 13.5. The third-order valence-corrected chi connectivity index (χ3v) is 9.50. The molecule has 0 radical (unpaired) electrons. The molecule has 0 aliphatic rings. The van der Waals surface area contributed by atoms with Crippen LogP contribution >= 0.6 is 0 Å². The molecule has 0 atom stereocenters. The highest BCUT2D eigenvalue weighted by molar-refractivity contribution is 6.12. The van der Waals surface area contributed by atoms with E-state index in [-0.39, 0.29) is 0 Å². The summed E-state index contributed by atoms with van der Waals surface area (Å²) in [4.78, 5) is 10.2. The Bertz CT molecular complexity index is 2610. The average molecular weight is 637 g/mol. The number of benzene rings is 8. The molecule has 1 heterocycles. The molecule has 0 amide bonds. The van der Waals surface area contributed by atoms with Crippen molar-refractivity contribution in [3.8, 4) is 67.2 Å². The van der Waals surface area contributed by atoms with E-state index in [0.717, 1.165) is 44.5 Å². The van der Waals surface area contributed by atoms with Crippen LogP contribution in [0.5, 0.6) is 0 Å². The smallest absolute Gasteiger partial charge is 0.160 e. The summed E-state index contributed by atoms with van der Waals surface area (Å²) in [5.74, 6) is 0.731. The highest BCUT2D eigenvalue weighted by atomic mass is 14.9. The van der Waals surface area contributed by atoms with Gasteiger partial charge in [-0.1, -0.05) is 176 Å². The van der Waals surface area contributed by atoms with Crippen molar-refractivity contribution in [3.63, 3.8) is 0 Å². The van der Waals surface area contributed by atoms with Gasteiger partial charge in [0.25, 0.3) is 0 Å². The van der Waals surface area contributed by atoms with E-state index in [9.17, 15) is 0 Å². The van der Waals surface area contributed by atoms with Crippen molar-refractivity contribution in [1.82, 2.24) is 9.97 Å². The van der Waals surface area contributed by atoms with Crippen molar-refractivity contribution in [3.05, 3.63) is 194 Å². The standard InChI is InChI=1S/C48H32N2/c1-3-11-33(12-4-1)34-21-23-35(24-22-34)40-16-9-18-42(31-40)43-19-10-17-41(32-43)36-25-27-38(28-26-36)47-46-44-20-8-7-13-37(44)29-30-45(46)49-48(50-47)39-14-5-2-6-15-39/h1-32H. The number of nitrogens with zero attached hydrogens (tertiary/aromatic N) is 2. The van der Waals surface area contributed by atoms with Crippen LogP contribution in [-0.4, -0.2) is 9.97 Å². The molecule has 9 rings (SSSR count). The second kappa shape index (κ2) is 12.8. The monoisotopic (exact) mass is 636 g/mol. The first-order valence-electron chi connectivity index (χ1n) is 17.0. The molecule has 1 aromatic heterocycles. The quantitative estimate of drug-likeness (QED) is 0.170. The molecule has 2 nitrogen and oxygen atoms in total. The van der Waals surface area contributed by atoms with Crippen LogP contribution in [0, 0.1) is 0 Å². The fraction of sp³-hybridized carbons (Fsp3) is 0. The number of aromatic nitrogens is 2. The first-order chi connectivity index (χ1) is 24.8. The summed E-state index contributed by atoms with van der Waals surface area (Å²) in [7, 11) is 0. The zero-order chi connectivity index (χ0) is 33.3. The van der Waals surface area contributed by atoms with Gasteiger partial charge in [-0.05, 0) is 73.5 Å². The Morgan fingerprint density at radius 2 is 0.720 bits per heavy atom. The van der Waals surface area contributed by atoms with Gasteiger partial charge in [0.05, 0.1) is 11.2 Å². The molecular weight excluding hydrogens is 605 g/mol. The van der Waals surface area contributed by atoms with E-state index < -0.39 is 0 Å². The first-order valence-corrected chi connectivity index (χ1v) is 17.0. The lowest BCUT2D eigenvalue weighted by atomic mass is 9.94. The number of hydrogen-bond acceptors (Lipinski definition) is 2. The van der Waals surface area contributed by atoms with Crippen LogP contribution in [0.4, 0.5) is 0 Å². The lowest BCUT2D eigenvalue weighted by molar-refractivity contribution is 1.23. The molecule has 8 aromatic carbocycles. The van der Waals surface area contributed by atoms with E-state index in [2.05, 4.69) is 176 Å². The van der Waals surface area contributed by atoms with Crippen molar-refractivity contribution in [1.29, 1.82) is 0 Å². The van der Waals surface area contributed by atoms with Gasteiger partial charge >= 0.3 is 0 Å². The van der Waals surface area contributed by atoms with Gasteiger partial charge in [0.1, 0.15) is 0 Å². The van der Waals surface area contributed by atoms with Gasteiger partial charge in [-0.3, -0.25) is 0 Å². The normalized spacial score (nSPS) is 11.2. The van der Waals surface area contributed by atoms with Gasteiger partial charge in [0.15, 0.2) is 5.82 Å². The third kappa shape index (κ3) is 5.63. The third-order valence-electron chi connectivity index (χ3n) is 9.50. The van der Waals surface area contributed by atoms with Crippen LogP contribution in [0.15, 0.2) is 194 Å². The number of fused-ring (bicyclic) bond motifs is 3. The molecule has 0 unspecified atom stereocenters. The molecule has 0 bridgehead atoms. The molecule has 234 valence electrons. The molecule has 0 aliphatic carbocycles. The average Bonchev–Trinajstić information content (AvgIpc) is 3.21. The Morgan fingerprint density at radius 1 is 0.280 bits per heavy atom. The SMILES string of the molecule is c1ccc(-c2ccc(-c3cccc(-c4cccc(-c5ccc(-c6nc(-c7ccccc7)nc7ccc8ccccc8c67)cc5)c4)c3)cc2)cc1. The first kappa shape index (κ1) is 29.5. The second-order valence-corrected chi connectivity index (χ2v) is 12.6.